The van der Waals surface area contributed by atoms with Gasteiger partial charge in [-0.3, -0.25) is 0 Å². The van der Waals surface area contributed by atoms with Gasteiger partial charge in [-0.1, -0.05) is 66.7 Å². The van der Waals surface area contributed by atoms with E-state index in [1.54, 1.807) is 0 Å². The van der Waals surface area contributed by atoms with Gasteiger partial charge >= 0.3 is 0 Å². The Bertz CT molecular complexity index is 1160. The molecule has 0 N–H and O–H groups in total. The molecule has 0 bridgehead atoms. The first-order valence-corrected chi connectivity index (χ1v) is 7.78. The monoisotopic (exact) mass is 294 g/mol. The van der Waals surface area contributed by atoms with Gasteiger partial charge in [-0.2, -0.15) is 0 Å². The van der Waals surface area contributed by atoms with Crippen LogP contribution in [0, 0.1) is 0 Å². The van der Waals surface area contributed by atoms with Crippen molar-refractivity contribution < 1.29 is 4.42 Å². The molecule has 1 aromatic heterocycles. The summed E-state index contributed by atoms with van der Waals surface area (Å²) in [6.45, 7) is 0. The van der Waals surface area contributed by atoms with E-state index in [1.165, 1.54) is 32.5 Å². The molecule has 0 saturated heterocycles. The number of benzene rings is 4. The van der Waals surface area contributed by atoms with Gasteiger partial charge in [-0.25, -0.2) is 0 Å². The molecule has 23 heavy (non-hydrogen) atoms. The van der Waals surface area contributed by atoms with Gasteiger partial charge in [0.25, 0.3) is 0 Å². The number of furan rings is 1. The molecule has 4 aromatic carbocycles. The molecule has 0 aliphatic heterocycles. The van der Waals surface area contributed by atoms with Crippen molar-refractivity contribution in [2.24, 2.45) is 0 Å². The van der Waals surface area contributed by atoms with Crippen molar-refractivity contribution in [1.29, 1.82) is 0 Å². The number of rotatable bonds is 1. The van der Waals surface area contributed by atoms with E-state index in [4.69, 9.17) is 4.42 Å². The molecule has 1 nitrogen and oxygen atoms in total. The molecule has 0 spiro atoms. The van der Waals surface area contributed by atoms with Crippen LogP contribution < -0.4 is 0 Å². The van der Waals surface area contributed by atoms with E-state index >= 15 is 0 Å². The van der Waals surface area contributed by atoms with E-state index in [-0.39, 0.29) is 0 Å². The van der Waals surface area contributed by atoms with E-state index in [9.17, 15) is 0 Å². The highest BCUT2D eigenvalue weighted by Crippen LogP contribution is 2.36. The third-order valence-corrected chi connectivity index (χ3v) is 4.52. The Morgan fingerprint density at radius 1 is 0.522 bits per heavy atom. The lowest BCUT2D eigenvalue weighted by atomic mass is 9.97. The summed E-state index contributed by atoms with van der Waals surface area (Å²) in [4.78, 5) is 0. The second-order valence-corrected chi connectivity index (χ2v) is 5.87. The van der Waals surface area contributed by atoms with Crippen molar-refractivity contribution in [2.75, 3.05) is 0 Å². The smallest absolute Gasteiger partial charge is 0.135 e. The molecule has 0 amide bonds. The highest BCUT2D eigenvalue weighted by atomic mass is 16.3. The Morgan fingerprint density at radius 2 is 1.22 bits per heavy atom. The Hall–Kier alpha value is -3.06. The largest absolute Gasteiger partial charge is 0.464 e. The van der Waals surface area contributed by atoms with E-state index in [0.717, 1.165) is 11.1 Å². The van der Waals surface area contributed by atoms with Crippen LogP contribution in [0.1, 0.15) is 0 Å². The average Bonchev–Trinajstić information content (AvgIpc) is 3.02. The van der Waals surface area contributed by atoms with Crippen LogP contribution in [-0.2, 0) is 0 Å². The Balaban J connectivity index is 1.87. The minimum Gasteiger partial charge on any atom is -0.464 e. The van der Waals surface area contributed by atoms with Crippen molar-refractivity contribution in [3.8, 4) is 11.1 Å². The highest BCUT2D eigenvalue weighted by Gasteiger charge is 2.11. The summed E-state index contributed by atoms with van der Waals surface area (Å²) in [7, 11) is 0. The maximum absolute atomic E-state index is 5.86. The van der Waals surface area contributed by atoms with Gasteiger partial charge in [0.2, 0.25) is 0 Å². The summed E-state index contributed by atoms with van der Waals surface area (Å²) in [5, 5.41) is 6.12. The number of hydrogen-bond donors (Lipinski definition) is 0. The first-order valence-electron chi connectivity index (χ1n) is 7.78. The first kappa shape index (κ1) is 12.5. The molecule has 0 aliphatic carbocycles. The predicted octanol–water partition coefficient (Wildman–Crippen LogP) is 6.41. The molecule has 5 aromatic rings. The van der Waals surface area contributed by atoms with Gasteiger partial charge in [0.1, 0.15) is 5.58 Å². The molecule has 0 radical (unpaired) electrons. The van der Waals surface area contributed by atoms with Crippen LogP contribution in [-0.4, -0.2) is 0 Å². The van der Waals surface area contributed by atoms with Crippen molar-refractivity contribution in [3.05, 3.63) is 85.1 Å². The van der Waals surface area contributed by atoms with E-state index in [2.05, 4.69) is 78.9 Å². The fourth-order valence-electron chi connectivity index (χ4n) is 3.38. The molecular formula is C22H14O. The molecule has 108 valence electrons. The fraction of sp³-hybridized carbons (Fsp3) is 0. The van der Waals surface area contributed by atoms with Gasteiger partial charge in [0.15, 0.2) is 0 Å². The van der Waals surface area contributed by atoms with Gasteiger partial charge in [0, 0.05) is 10.9 Å². The minimum absolute atomic E-state index is 0.937. The van der Waals surface area contributed by atoms with Crippen LogP contribution in [0.4, 0.5) is 0 Å². The second kappa shape index (κ2) is 4.72. The van der Waals surface area contributed by atoms with Gasteiger partial charge < -0.3 is 4.42 Å². The van der Waals surface area contributed by atoms with E-state index < -0.39 is 0 Å². The Labute approximate surface area is 133 Å². The number of fused-ring (bicyclic) bond motifs is 3. The summed E-state index contributed by atoms with van der Waals surface area (Å²) in [5.74, 6) is 0. The third kappa shape index (κ3) is 1.87. The quantitative estimate of drug-likeness (QED) is 0.348. The van der Waals surface area contributed by atoms with Crippen molar-refractivity contribution >= 4 is 32.5 Å². The summed E-state index contributed by atoms with van der Waals surface area (Å²) < 4.78 is 5.86. The third-order valence-electron chi connectivity index (χ3n) is 4.52. The summed E-state index contributed by atoms with van der Waals surface area (Å²) in [6, 6.07) is 27.7. The molecule has 1 heteroatoms. The Morgan fingerprint density at radius 3 is 2.09 bits per heavy atom. The molecule has 0 aliphatic rings. The van der Waals surface area contributed by atoms with Crippen molar-refractivity contribution in [1.82, 2.24) is 0 Å². The summed E-state index contributed by atoms with van der Waals surface area (Å²) >= 11 is 0. The van der Waals surface area contributed by atoms with Crippen molar-refractivity contribution in [2.45, 2.75) is 0 Å². The van der Waals surface area contributed by atoms with Crippen LogP contribution in [0.2, 0.25) is 0 Å². The van der Waals surface area contributed by atoms with Crippen LogP contribution in [0.3, 0.4) is 0 Å². The molecule has 0 saturated carbocycles. The topological polar surface area (TPSA) is 13.1 Å². The SMILES string of the molecule is c1ccc2cc3c(-c4cccc5ccccc45)coc3cc2c1. The first-order chi connectivity index (χ1) is 11.4. The normalized spacial score (nSPS) is 11.5. The zero-order valence-corrected chi connectivity index (χ0v) is 12.5. The maximum Gasteiger partial charge on any atom is 0.135 e. The zero-order chi connectivity index (χ0) is 15.2. The van der Waals surface area contributed by atoms with Crippen LogP contribution in [0.25, 0.3) is 43.6 Å². The minimum atomic E-state index is 0.937. The van der Waals surface area contributed by atoms with Crippen LogP contribution in [0.5, 0.6) is 0 Å². The fourth-order valence-corrected chi connectivity index (χ4v) is 3.38. The van der Waals surface area contributed by atoms with Crippen LogP contribution >= 0.6 is 0 Å². The predicted molar refractivity (Wildman–Crippen MR) is 96.7 cm³/mol. The van der Waals surface area contributed by atoms with Gasteiger partial charge in [-0.05, 0) is 39.2 Å². The van der Waals surface area contributed by atoms with Crippen molar-refractivity contribution in [3.63, 3.8) is 0 Å². The summed E-state index contributed by atoms with van der Waals surface area (Å²) in [5.41, 5.74) is 3.31. The van der Waals surface area contributed by atoms with Gasteiger partial charge in [-0.15, -0.1) is 0 Å². The molecular weight excluding hydrogens is 280 g/mol. The van der Waals surface area contributed by atoms with E-state index in [1.807, 2.05) is 6.26 Å². The van der Waals surface area contributed by atoms with Gasteiger partial charge in [0.05, 0.1) is 6.26 Å². The van der Waals surface area contributed by atoms with E-state index in [0.29, 0.717) is 0 Å². The molecule has 0 fully saturated rings. The zero-order valence-electron chi connectivity index (χ0n) is 12.5. The lowest BCUT2D eigenvalue weighted by Crippen LogP contribution is -1.80. The standard InChI is InChI=1S/C22H14O/c1-2-8-17-13-22-20(12-16(17)7-1)21(14-23-22)19-11-5-9-15-6-3-4-10-18(15)19/h1-14H. The Kier molecular flexibility index (Phi) is 2.56. The average molecular weight is 294 g/mol. The number of hydrogen-bond acceptors (Lipinski definition) is 1. The second-order valence-electron chi connectivity index (χ2n) is 5.87. The summed E-state index contributed by atoms with van der Waals surface area (Å²) in [6.07, 6.45) is 1.88. The molecule has 5 rings (SSSR count). The highest BCUT2D eigenvalue weighted by molar-refractivity contribution is 6.07. The molecule has 0 unspecified atom stereocenters. The maximum atomic E-state index is 5.86. The molecule has 1 heterocycles. The lowest BCUT2D eigenvalue weighted by molar-refractivity contribution is 0.617. The lowest BCUT2D eigenvalue weighted by Gasteiger charge is -2.05. The van der Waals surface area contributed by atoms with Crippen LogP contribution in [0.15, 0.2) is 89.5 Å². The molecule has 0 atom stereocenters.